The van der Waals surface area contributed by atoms with E-state index in [1.54, 1.807) is 0 Å². The second-order valence-corrected chi connectivity index (χ2v) is 4.54. The third-order valence-corrected chi connectivity index (χ3v) is 2.59. The van der Waals surface area contributed by atoms with Crippen molar-refractivity contribution in [2.75, 3.05) is 0 Å². The van der Waals surface area contributed by atoms with E-state index >= 15 is 0 Å². The van der Waals surface area contributed by atoms with Crippen molar-refractivity contribution in [3.63, 3.8) is 0 Å². The Kier molecular flexibility index (Phi) is 5.77. The Hall–Kier alpha value is -0.570. The molecular weight excluding hydrogens is 176 g/mol. The summed E-state index contributed by atoms with van der Waals surface area (Å²) >= 11 is 0. The first-order valence-electron chi connectivity index (χ1n) is 5.46. The minimum atomic E-state index is -0.386. The quantitative estimate of drug-likeness (QED) is 0.707. The van der Waals surface area contributed by atoms with Crippen LogP contribution in [0.15, 0.2) is 0 Å². The van der Waals surface area contributed by atoms with Crippen molar-refractivity contribution in [3.05, 3.63) is 0 Å². The van der Waals surface area contributed by atoms with Crippen LogP contribution in [0.2, 0.25) is 0 Å². The van der Waals surface area contributed by atoms with Gasteiger partial charge in [-0.2, -0.15) is 0 Å². The zero-order valence-corrected chi connectivity index (χ0v) is 10.0. The molecule has 0 aromatic rings. The highest BCUT2D eigenvalue weighted by Crippen LogP contribution is 2.06. The zero-order valence-electron chi connectivity index (χ0n) is 10.0. The average Bonchev–Trinajstić information content (AvgIpc) is 2.11. The van der Waals surface area contributed by atoms with E-state index in [1.165, 1.54) is 0 Å². The van der Waals surface area contributed by atoms with Crippen molar-refractivity contribution in [1.29, 1.82) is 0 Å². The Morgan fingerprint density at radius 2 is 1.71 bits per heavy atom. The van der Waals surface area contributed by atoms with Gasteiger partial charge in [-0.25, -0.2) is 0 Å². The van der Waals surface area contributed by atoms with E-state index in [4.69, 9.17) is 5.73 Å². The molecule has 14 heavy (non-hydrogen) atoms. The summed E-state index contributed by atoms with van der Waals surface area (Å²) in [4.78, 5) is 11.6. The molecule has 0 rings (SSSR count). The van der Waals surface area contributed by atoms with Crippen molar-refractivity contribution in [3.8, 4) is 0 Å². The molecule has 3 heteroatoms. The summed E-state index contributed by atoms with van der Waals surface area (Å²) in [6, 6.07) is -0.143. The van der Waals surface area contributed by atoms with Gasteiger partial charge in [0.25, 0.3) is 0 Å². The maximum absolute atomic E-state index is 11.6. The summed E-state index contributed by atoms with van der Waals surface area (Å²) in [5.74, 6) is 0.628. The van der Waals surface area contributed by atoms with Gasteiger partial charge in [-0.15, -0.1) is 0 Å². The Morgan fingerprint density at radius 1 is 1.21 bits per heavy atom. The summed E-state index contributed by atoms with van der Waals surface area (Å²) in [5, 5.41) is 2.98. The molecule has 2 atom stereocenters. The number of carbonyl (C=O) groups excluding carboxylic acids is 1. The summed E-state index contributed by atoms with van der Waals surface area (Å²) in [6.45, 7) is 10.2. The van der Waals surface area contributed by atoms with Crippen LogP contribution in [0.3, 0.4) is 0 Å². The maximum atomic E-state index is 11.6. The summed E-state index contributed by atoms with van der Waals surface area (Å²) in [5.41, 5.74) is 5.75. The summed E-state index contributed by atoms with van der Waals surface area (Å²) < 4.78 is 0. The normalized spacial score (nSPS) is 15.7. The van der Waals surface area contributed by atoms with E-state index in [0.717, 1.165) is 6.42 Å². The summed E-state index contributed by atoms with van der Waals surface area (Å²) in [7, 11) is 0. The largest absolute Gasteiger partial charge is 0.352 e. The van der Waals surface area contributed by atoms with Crippen LogP contribution >= 0.6 is 0 Å². The molecule has 0 aromatic heterocycles. The van der Waals surface area contributed by atoms with Gasteiger partial charge < -0.3 is 11.1 Å². The fourth-order valence-electron chi connectivity index (χ4n) is 1.32. The molecule has 3 nitrogen and oxygen atoms in total. The number of nitrogens with one attached hydrogen (secondary N) is 1. The van der Waals surface area contributed by atoms with E-state index in [0.29, 0.717) is 5.92 Å². The monoisotopic (exact) mass is 200 g/mol. The van der Waals surface area contributed by atoms with Crippen molar-refractivity contribution < 1.29 is 4.79 Å². The minimum Gasteiger partial charge on any atom is -0.352 e. The molecule has 84 valence electrons. The van der Waals surface area contributed by atoms with Crippen molar-refractivity contribution in [2.45, 2.75) is 53.1 Å². The van der Waals surface area contributed by atoms with Crippen LogP contribution in [-0.2, 0) is 4.79 Å². The highest BCUT2D eigenvalue weighted by molar-refractivity contribution is 5.82. The molecule has 0 radical (unpaired) electrons. The molecule has 0 bridgehead atoms. The van der Waals surface area contributed by atoms with E-state index in [1.807, 2.05) is 13.8 Å². The fourth-order valence-corrected chi connectivity index (χ4v) is 1.32. The van der Waals surface area contributed by atoms with Crippen molar-refractivity contribution in [1.82, 2.24) is 5.32 Å². The van der Waals surface area contributed by atoms with Gasteiger partial charge in [0.05, 0.1) is 6.04 Å². The first kappa shape index (κ1) is 13.4. The molecule has 0 fully saturated rings. The lowest BCUT2D eigenvalue weighted by Gasteiger charge is -2.24. The van der Waals surface area contributed by atoms with Gasteiger partial charge in [0, 0.05) is 6.04 Å². The predicted molar refractivity (Wildman–Crippen MR) is 59.9 cm³/mol. The van der Waals surface area contributed by atoms with E-state index in [2.05, 4.69) is 26.1 Å². The molecule has 0 aliphatic rings. The zero-order chi connectivity index (χ0) is 11.3. The second kappa shape index (κ2) is 6.02. The predicted octanol–water partition coefficient (Wildman–Crippen LogP) is 1.52. The number of rotatable bonds is 5. The van der Waals surface area contributed by atoms with Crippen LogP contribution in [0.4, 0.5) is 0 Å². The molecule has 0 heterocycles. The Balaban J connectivity index is 4.15. The van der Waals surface area contributed by atoms with Crippen LogP contribution < -0.4 is 11.1 Å². The van der Waals surface area contributed by atoms with Crippen LogP contribution in [-0.4, -0.2) is 18.0 Å². The van der Waals surface area contributed by atoms with Gasteiger partial charge in [0.15, 0.2) is 0 Å². The van der Waals surface area contributed by atoms with Crippen LogP contribution in [0.25, 0.3) is 0 Å². The molecule has 3 N–H and O–H groups in total. The number of hydrogen-bond donors (Lipinski definition) is 2. The first-order valence-corrected chi connectivity index (χ1v) is 5.46. The topological polar surface area (TPSA) is 55.1 Å². The molecule has 0 aliphatic heterocycles. The number of amides is 1. The van der Waals surface area contributed by atoms with Crippen molar-refractivity contribution >= 4 is 5.91 Å². The second-order valence-electron chi connectivity index (χ2n) is 4.54. The lowest BCUT2D eigenvalue weighted by molar-refractivity contribution is -0.124. The maximum Gasteiger partial charge on any atom is 0.237 e. The number of hydrogen-bond acceptors (Lipinski definition) is 2. The van der Waals surface area contributed by atoms with Gasteiger partial charge >= 0.3 is 0 Å². The standard InChI is InChI=1S/C11H24N2O/c1-6-9(7(2)3)13-11(14)10(12)8(4)5/h7-10H,6,12H2,1-5H3,(H,13,14)/t9?,10-/m1/s1. The lowest BCUT2D eigenvalue weighted by Crippen LogP contribution is -2.49. The highest BCUT2D eigenvalue weighted by atomic mass is 16.2. The third-order valence-electron chi connectivity index (χ3n) is 2.59. The molecule has 1 amide bonds. The molecule has 0 aliphatic carbocycles. The minimum absolute atomic E-state index is 0.0273. The van der Waals surface area contributed by atoms with Gasteiger partial charge in [-0.1, -0.05) is 34.6 Å². The van der Waals surface area contributed by atoms with E-state index < -0.39 is 0 Å². The number of nitrogens with two attached hydrogens (primary N) is 1. The molecule has 0 spiro atoms. The summed E-state index contributed by atoms with van der Waals surface area (Å²) in [6.07, 6.45) is 0.953. The Morgan fingerprint density at radius 3 is 2.00 bits per heavy atom. The SMILES string of the molecule is CCC(NC(=O)[C@H](N)C(C)C)C(C)C. The molecular formula is C11H24N2O. The van der Waals surface area contributed by atoms with Gasteiger partial charge in [-0.05, 0) is 18.3 Å². The van der Waals surface area contributed by atoms with E-state index in [-0.39, 0.29) is 23.9 Å². The number of carbonyl (C=O) groups is 1. The van der Waals surface area contributed by atoms with Crippen LogP contribution in [0.5, 0.6) is 0 Å². The Labute approximate surface area is 87.4 Å². The first-order chi connectivity index (χ1) is 6.40. The van der Waals surface area contributed by atoms with Crippen molar-refractivity contribution in [2.24, 2.45) is 17.6 Å². The average molecular weight is 200 g/mol. The fraction of sp³-hybridized carbons (Fsp3) is 0.909. The van der Waals surface area contributed by atoms with Gasteiger partial charge in [-0.3, -0.25) is 4.79 Å². The van der Waals surface area contributed by atoms with Crippen LogP contribution in [0, 0.1) is 11.8 Å². The van der Waals surface area contributed by atoms with E-state index in [9.17, 15) is 4.79 Å². The molecule has 0 saturated heterocycles. The Bertz CT molecular complexity index is 178. The van der Waals surface area contributed by atoms with Gasteiger partial charge in [0.1, 0.15) is 0 Å². The molecule has 0 aromatic carbocycles. The molecule has 1 unspecified atom stereocenters. The van der Waals surface area contributed by atoms with Crippen LogP contribution in [0.1, 0.15) is 41.0 Å². The lowest BCUT2D eigenvalue weighted by atomic mass is 9.99. The molecule has 0 saturated carbocycles. The highest BCUT2D eigenvalue weighted by Gasteiger charge is 2.21. The van der Waals surface area contributed by atoms with Gasteiger partial charge in [0.2, 0.25) is 5.91 Å². The smallest absolute Gasteiger partial charge is 0.237 e. The third kappa shape index (κ3) is 4.09.